The van der Waals surface area contributed by atoms with Gasteiger partial charge in [-0.05, 0) is 12.0 Å². The van der Waals surface area contributed by atoms with Crippen molar-refractivity contribution < 1.29 is 14.5 Å². The van der Waals surface area contributed by atoms with E-state index < -0.39 is 10.5 Å². The molecule has 1 fully saturated rings. The van der Waals surface area contributed by atoms with E-state index in [2.05, 4.69) is 4.99 Å². The summed E-state index contributed by atoms with van der Waals surface area (Å²) in [6.07, 6.45) is 0.612. The minimum Gasteiger partial charge on any atom is -0.410 e. The number of carbonyl (C=O) groups is 1. The van der Waals surface area contributed by atoms with Gasteiger partial charge in [-0.2, -0.15) is 0 Å². The second-order valence-electron chi connectivity index (χ2n) is 4.55. The summed E-state index contributed by atoms with van der Waals surface area (Å²) in [5.74, 6) is 0.0519. The van der Waals surface area contributed by atoms with Crippen LogP contribution in [0.3, 0.4) is 0 Å². The molecule has 1 aliphatic carbocycles. The van der Waals surface area contributed by atoms with Gasteiger partial charge in [0.05, 0.1) is 4.92 Å². The molecule has 0 amide bonds. The molecule has 3 rings (SSSR count). The first-order valence-corrected chi connectivity index (χ1v) is 5.56. The number of benzene rings is 1. The fourth-order valence-electron chi connectivity index (χ4n) is 2.40. The van der Waals surface area contributed by atoms with Crippen molar-refractivity contribution in [1.82, 2.24) is 0 Å². The number of ether oxygens (including phenoxy) is 1. The minimum atomic E-state index is -0.764. The minimum absolute atomic E-state index is 0.0248. The van der Waals surface area contributed by atoms with E-state index in [9.17, 15) is 14.9 Å². The molecule has 92 valence electrons. The maximum absolute atomic E-state index is 11.7. The molecule has 1 aromatic carbocycles. The molecule has 2 aliphatic rings. The molecule has 6 heteroatoms. The third kappa shape index (κ3) is 1.42. The summed E-state index contributed by atoms with van der Waals surface area (Å²) < 4.78 is 4.96. The van der Waals surface area contributed by atoms with E-state index in [-0.39, 0.29) is 17.6 Å². The Balaban J connectivity index is 1.87. The number of hydrogen-bond donors (Lipinski definition) is 0. The highest BCUT2D eigenvalue weighted by Gasteiger charge is 2.65. The molecule has 0 unspecified atom stereocenters. The smallest absolute Gasteiger partial charge is 0.341 e. The SMILES string of the molecule is CC1=N[C@@]2(C[C@@H]2c2ccc([N+](=O)[O-])cc2)C(=O)O1. The van der Waals surface area contributed by atoms with Gasteiger partial charge in [-0.3, -0.25) is 10.1 Å². The third-order valence-electron chi connectivity index (χ3n) is 3.39. The summed E-state index contributed by atoms with van der Waals surface area (Å²) in [4.78, 5) is 26.0. The van der Waals surface area contributed by atoms with Crippen molar-refractivity contribution in [1.29, 1.82) is 0 Å². The fraction of sp³-hybridized carbons (Fsp3) is 0.333. The largest absolute Gasteiger partial charge is 0.410 e. The molecule has 0 saturated heterocycles. The third-order valence-corrected chi connectivity index (χ3v) is 3.39. The monoisotopic (exact) mass is 246 g/mol. The molecule has 1 aliphatic heterocycles. The zero-order chi connectivity index (χ0) is 12.9. The van der Waals surface area contributed by atoms with Crippen LogP contribution in [0.5, 0.6) is 0 Å². The zero-order valence-electron chi connectivity index (χ0n) is 9.62. The number of aliphatic imine (C=N–C) groups is 1. The Kier molecular flexibility index (Phi) is 2.04. The average Bonchev–Trinajstić information content (AvgIpc) is 2.97. The molecule has 1 heterocycles. The van der Waals surface area contributed by atoms with Crippen LogP contribution in [-0.4, -0.2) is 22.3 Å². The van der Waals surface area contributed by atoms with Gasteiger partial charge in [0, 0.05) is 25.0 Å². The summed E-state index contributed by atoms with van der Waals surface area (Å²) in [6.45, 7) is 1.65. The van der Waals surface area contributed by atoms with Crippen molar-refractivity contribution in [2.24, 2.45) is 4.99 Å². The van der Waals surface area contributed by atoms with Gasteiger partial charge in [-0.1, -0.05) is 12.1 Å². The zero-order valence-corrected chi connectivity index (χ0v) is 9.62. The van der Waals surface area contributed by atoms with Gasteiger partial charge < -0.3 is 4.74 Å². The van der Waals surface area contributed by atoms with E-state index in [0.717, 1.165) is 5.56 Å². The van der Waals surface area contributed by atoms with Crippen molar-refractivity contribution in [2.45, 2.75) is 24.8 Å². The first-order valence-electron chi connectivity index (χ1n) is 5.56. The molecule has 18 heavy (non-hydrogen) atoms. The number of nitro groups is 1. The maximum Gasteiger partial charge on any atom is 0.341 e. The van der Waals surface area contributed by atoms with Crippen LogP contribution < -0.4 is 0 Å². The molecule has 1 saturated carbocycles. The number of rotatable bonds is 2. The predicted octanol–water partition coefficient (Wildman–Crippen LogP) is 1.80. The van der Waals surface area contributed by atoms with Crippen molar-refractivity contribution >= 4 is 17.6 Å². The van der Waals surface area contributed by atoms with Crippen LogP contribution in [0.2, 0.25) is 0 Å². The first-order chi connectivity index (χ1) is 8.53. The van der Waals surface area contributed by atoms with Crippen LogP contribution in [0.4, 0.5) is 5.69 Å². The molecule has 0 N–H and O–H groups in total. The number of cyclic esters (lactones) is 1. The highest BCUT2D eigenvalue weighted by atomic mass is 16.6. The van der Waals surface area contributed by atoms with E-state index in [1.54, 1.807) is 19.1 Å². The Labute approximate surface area is 102 Å². The van der Waals surface area contributed by atoms with Crippen LogP contribution in [0.1, 0.15) is 24.8 Å². The van der Waals surface area contributed by atoms with Crippen LogP contribution in [0.25, 0.3) is 0 Å². The number of carbonyl (C=O) groups excluding carboxylic acids is 1. The van der Waals surface area contributed by atoms with E-state index in [1.807, 2.05) is 0 Å². The summed E-state index contributed by atoms with van der Waals surface area (Å²) in [7, 11) is 0. The lowest BCUT2D eigenvalue weighted by Gasteiger charge is -2.02. The predicted molar refractivity (Wildman–Crippen MR) is 62.4 cm³/mol. The lowest BCUT2D eigenvalue weighted by molar-refractivity contribution is -0.384. The number of esters is 1. The molecule has 1 aromatic rings. The molecule has 2 atom stereocenters. The molecular formula is C12H10N2O4. The van der Waals surface area contributed by atoms with Crippen molar-refractivity contribution in [3.8, 4) is 0 Å². The highest BCUT2D eigenvalue weighted by Crippen LogP contribution is 2.57. The Morgan fingerprint density at radius 1 is 1.44 bits per heavy atom. The van der Waals surface area contributed by atoms with E-state index in [0.29, 0.717) is 12.3 Å². The Hall–Kier alpha value is -2.24. The number of nitrogens with zero attached hydrogens (tertiary/aromatic N) is 2. The van der Waals surface area contributed by atoms with Crippen LogP contribution in [0.15, 0.2) is 29.3 Å². The number of non-ortho nitro benzene ring substituents is 1. The number of hydrogen-bond acceptors (Lipinski definition) is 5. The van der Waals surface area contributed by atoms with Gasteiger partial charge >= 0.3 is 5.97 Å². The topological polar surface area (TPSA) is 81.8 Å². The van der Waals surface area contributed by atoms with Crippen LogP contribution in [0, 0.1) is 10.1 Å². The van der Waals surface area contributed by atoms with Gasteiger partial charge in [0.1, 0.15) is 0 Å². The molecular weight excluding hydrogens is 236 g/mol. The van der Waals surface area contributed by atoms with Crippen molar-refractivity contribution in [2.75, 3.05) is 0 Å². The van der Waals surface area contributed by atoms with Gasteiger partial charge in [-0.25, -0.2) is 9.79 Å². The molecule has 0 aromatic heterocycles. The fourth-order valence-corrected chi connectivity index (χ4v) is 2.40. The molecule has 0 radical (unpaired) electrons. The summed E-state index contributed by atoms with van der Waals surface area (Å²) >= 11 is 0. The second kappa shape index (κ2) is 3.38. The van der Waals surface area contributed by atoms with Gasteiger partial charge in [0.25, 0.3) is 5.69 Å². The van der Waals surface area contributed by atoms with Gasteiger partial charge in [0.2, 0.25) is 0 Å². The Morgan fingerprint density at radius 2 is 2.11 bits per heavy atom. The average molecular weight is 246 g/mol. The lowest BCUT2D eigenvalue weighted by atomic mass is 10.1. The summed E-state index contributed by atoms with van der Waals surface area (Å²) in [6, 6.07) is 6.23. The van der Waals surface area contributed by atoms with E-state index >= 15 is 0 Å². The first kappa shape index (κ1) is 10.9. The summed E-state index contributed by atoms with van der Waals surface area (Å²) in [5.41, 5.74) is 0.165. The normalized spacial score (nSPS) is 29.1. The van der Waals surface area contributed by atoms with E-state index in [1.165, 1.54) is 12.1 Å². The van der Waals surface area contributed by atoms with Crippen LogP contribution >= 0.6 is 0 Å². The van der Waals surface area contributed by atoms with Gasteiger partial charge in [0.15, 0.2) is 11.4 Å². The second-order valence-corrected chi connectivity index (χ2v) is 4.55. The molecule has 0 bridgehead atoms. The highest BCUT2D eigenvalue weighted by molar-refractivity contribution is 6.02. The van der Waals surface area contributed by atoms with Crippen molar-refractivity contribution in [3.05, 3.63) is 39.9 Å². The summed E-state index contributed by atoms with van der Waals surface area (Å²) in [5, 5.41) is 10.6. The van der Waals surface area contributed by atoms with Crippen LogP contribution in [-0.2, 0) is 9.53 Å². The molecule has 1 spiro atoms. The number of nitro benzene ring substituents is 1. The molecule has 6 nitrogen and oxygen atoms in total. The van der Waals surface area contributed by atoms with E-state index in [4.69, 9.17) is 4.74 Å². The Bertz CT molecular complexity index is 578. The maximum atomic E-state index is 11.7. The quantitative estimate of drug-likeness (QED) is 0.452. The van der Waals surface area contributed by atoms with Crippen molar-refractivity contribution in [3.63, 3.8) is 0 Å². The standard InChI is InChI=1S/C12H10N2O4/c1-7-13-12(11(15)18-7)6-10(12)8-2-4-9(5-3-8)14(16)17/h2-5,10H,6H2,1H3/t10-,12-/m1/s1. The van der Waals surface area contributed by atoms with Gasteiger partial charge in [-0.15, -0.1) is 0 Å². The Morgan fingerprint density at radius 3 is 2.61 bits per heavy atom. The lowest BCUT2D eigenvalue weighted by Crippen LogP contribution is -2.18.